The van der Waals surface area contributed by atoms with Gasteiger partial charge in [-0.3, -0.25) is 9.59 Å². The Morgan fingerprint density at radius 1 is 0.646 bits per heavy atom. The third kappa shape index (κ3) is 5.15. The summed E-state index contributed by atoms with van der Waals surface area (Å²) in [7, 11) is 5.99. The van der Waals surface area contributed by atoms with Gasteiger partial charge in [0.05, 0.1) is 64.6 Å². The smallest absolute Gasteiger partial charge is 0.303 e. The number of benzene rings is 4. The Kier molecular flexibility index (Phi) is 8.65. The minimum absolute atomic E-state index is 0.0179. The molecule has 2 N–H and O–H groups in total. The molecule has 4 aromatic carbocycles. The fraction of sp³-hybridized carbons (Fsp3) is 0.389. The van der Waals surface area contributed by atoms with Crippen molar-refractivity contribution in [2.45, 2.75) is 65.3 Å². The second-order valence-electron chi connectivity index (χ2n) is 11.8. The molecule has 2 aliphatic rings. The van der Waals surface area contributed by atoms with E-state index >= 15 is 0 Å². The number of ether oxygens (including phenoxy) is 8. The monoisotopic (exact) mass is 662 g/mol. The maximum Gasteiger partial charge on any atom is 0.303 e. The molecule has 2 heterocycles. The molecule has 0 radical (unpaired) electrons. The highest BCUT2D eigenvalue weighted by Crippen LogP contribution is 2.57. The highest BCUT2D eigenvalue weighted by atomic mass is 16.6. The number of phenols is 2. The zero-order valence-electron chi connectivity index (χ0n) is 28.0. The lowest BCUT2D eigenvalue weighted by Crippen LogP contribution is -2.31. The Morgan fingerprint density at radius 2 is 1.02 bits per heavy atom. The summed E-state index contributed by atoms with van der Waals surface area (Å²) in [5.41, 5.74) is 2.72. The topological polar surface area (TPSA) is 148 Å². The van der Waals surface area contributed by atoms with E-state index in [2.05, 4.69) is 0 Å². The van der Waals surface area contributed by atoms with E-state index in [1.165, 1.54) is 42.3 Å². The van der Waals surface area contributed by atoms with Crippen molar-refractivity contribution < 1.29 is 57.7 Å². The average molecular weight is 663 g/mol. The number of carbonyl (C=O) groups is 2. The van der Waals surface area contributed by atoms with Gasteiger partial charge >= 0.3 is 11.9 Å². The number of hydrogen-bond donors (Lipinski definition) is 2. The molecule has 4 atom stereocenters. The Labute approximate surface area is 276 Å². The first-order valence-electron chi connectivity index (χ1n) is 15.4. The van der Waals surface area contributed by atoms with E-state index in [-0.39, 0.29) is 24.7 Å². The maximum atomic E-state index is 12.6. The summed E-state index contributed by atoms with van der Waals surface area (Å²) in [5.74, 6) is 0.118. The number of carbonyl (C=O) groups excluding carboxylic acids is 2. The van der Waals surface area contributed by atoms with E-state index in [1.807, 2.05) is 0 Å². The van der Waals surface area contributed by atoms with Crippen molar-refractivity contribution >= 4 is 33.5 Å². The summed E-state index contributed by atoms with van der Waals surface area (Å²) >= 11 is 0. The van der Waals surface area contributed by atoms with Gasteiger partial charge in [0, 0.05) is 59.0 Å². The normalized spacial score (nSPS) is 20.1. The fourth-order valence-electron chi connectivity index (χ4n) is 6.97. The van der Waals surface area contributed by atoms with Gasteiger partial charge in [-0.05, 0) is 37.1 Å². The van der Waals surface area contributed by atoms with E-state index in [1.54, 1.807) is 38.1 Å². The van der Waals surface area contributed by atoms with Crippen molar-refractivity contribution in [2.75, 3.05) is 28.4 Å². The van der Waals surface area contributed by atoms with Crippen LogP contribution in [0.3, 0.4) is 0 Å². The van der Waals surface area contributed by atoms with Gasteiger partial charge in [0.2, 0.25) is 0 Å². The highest BCUT2D eigenvalue weighted by molar-refractivity contribution is 6.15. The Morgan fingerprint density at radius 3 is 1.33 bits per heavy atom. The van der Waals surface area contributed by atoms with Crippen LogP contribution in [0, 0.1) is 0 Å². The van der Waals surface area contributed by atoms with E-state index < -0.39 is 36.4 Å². The summed E-state index contributed by atoms with van der Waals surface area (Å²) in [6.45, 7) is 6.13. The second-order valence-corrected chi connectivity index (χ2v) is 11.8. The van der Waals surface area contributed by atoms with E-state index in [0.29, 0.717) is 77.9 Å². The van der Waals surface area contributed by atoms with Gasteiger partial charge in [0.1, 0.15) is 34.5 Å². The molecule has 254 valence electrons. The number of phenolic OH excluding ortho intramolecular Hbond substituents is 2. The van der Waals surface area contributed by atoms with Crippen molar-refractivity contribution in [1.82, 2.24) is 0 Å². The third-order valence-electron chi connectivity index (χ3n) is 9.07. The van der Waals surface area contributed by atoms with Crippen molar-refractivity contribution in [3.63, 3.8) is 0 Å². The molecule has 4 aromatic rings. The Balaban J connectivity index is 1.96. The standard InChI is InChI=1S/C36H38O12/c1-15-35(47-17(3)37)31-23(13-45-15)33(39)27-21(9-19(41-5)11-25(27)43-7)29(31)30-22-10-20(42-6)12-26(44-8)28(22)34(40)24-14-46-16(2)36(32(24)30)48-18(4)38/h9-12,15-16,35-36,39-40H,13-14H2,1-8H3. The lowest BCUT2D eigenvalue weighted by atomic mass is 9.77. The molecule has 0 saturated carbocycles. The van der Waals surface area contributed by atoms with Crippen LogP contribution in [-0.2, 0) is 41.8 Å². The van der Waals surface area contributed by atoms with Crippen molar-refractivity contribution in [3.05, 3.63) is 46.5 Å². The van der Waals surface area contributed by atoms with Crippen molar-refractivity contribution in [2.24, 2.45) is 0 Å². The van der Waals surface area contributed by atoms with Crippen LogP contribution in [0.1, 0.15) is 62.2 Å². The molecule has 0 saturated heterocycles. The first-order valence-corrected chi connectivity index (χ1v) is 15.4. The number of aromatic hydroxyl groups is 2. The summed E-state index contributed by atoms with van der Waals surface area (Å²) in [4.78, 5) is 25.2. The predicted molar refractivity (Wildman–Crippen MR) is 174 cm³/mol. The van der Waals surface area contributed by atoms with Crippen LogP contribution < -0.4 is 18.9 Å². The maximum absolute atomic E-state index is 12.6. The minimum Gasteiger partial charge on any atom is -0.507 e. The van der Waals surface area contributed by atoms with Gasteiger partial charge in [0.25, 0.3) is 0 Å². The lowest BCUT2D eigenvalue weighted by Gasteiger charge is -2.37. The van der Waals surface area contributed by atoms with Crippen LogP contribution in [0.5, 0.6) is 34.5 Å². The van der Waals surface area contributed by atoms with E-state index in [0.717, 1.165) is 0 Å². The number of hydrogen-bond acceptors (Lipinski definition) is 12. The molecule has 0 fully saturated rings. The van der Waals surface area contributed by atoms with Crippen LogP contribution in [0.2, 0.25) is 0 Å². The quantitative estimate of drug-likeness (QED) is 0.219. The molecular weight excluding hydrogens is 624 g/mol. The van der Waals surface area contributed by atoms with Crippen LogP contribution >= 0.6 is 0 Å². The molecule has 48 heavy (non-hydrogen) atoms. The first-order chi connectivity index (χ1) is 22.9. The SMILES string of the molecule is COc1cc(OC)c2c(O)c3c(c(-c4c5c(c(O)c6c(OC)cc(OC)cc46)COC(C)C5OC(C)=O)c2c1)C(OC(C)=O)C(C)OC3. The van der Waals surface area contributed by atoms with Crippen molar-refractivity contribution in [1.29, 1.82) is 0 Å². The first kappa shape index (κ1) is 33.0. The summed E-state index contributed by atoms with van der Waals surface area (Å²) in [6, 6.07) is 6.82. The predicted octanol–water partition coefficient (Wildman–Crippen LogP) is 6.15. The minimum atomic E-state index is -0.981. The molecular formula is C36H38O12. The van der Waals surface area contributed by atoms with Gasteiger partial charge in [-0.25, -0.2) is 0 Å². The fourth-order valence-corrected chi connectivity index (χ4v) is 6.97. The van der Waals surface area contributed by atoms with Crippen LogP contribution in [0.15, 0.2) is 24.3 Å². The number of methoxy groups -OCH3 is 4. The zero-order chi connectivity index (χ0) is 34.6. The molecule has 12 nitrogen and oxygen atoms in total. The van der Waals surface area contributed by atoms with Crippen LogP contribution in [0.25, 0.3) is 32.7 Å². The second kappa shape index (κ2) is 12.6. The van der Waals surface area contributed by atoms with Crippen LogP contribution in [0.4, 0.5) is 0 Å². The summed E-state index contributed by atoms with van der Waals surface area (Å²) in [5, 5.41) is 25.5. The largest absolute Gasteiger partial charge is 0.507 e. The molecule has 0 bridgehead atoms. The summed E-state index contributed by atoms with van der Waals surface area (Å²) < 4.78 is 47.0. The van der Waals surface area contributed by atoms with Gasteiger partial charge in [-0.1, -0.05) is 0 Å². The molecule has 0 amide bonds. The number of fused-ring (bicyclic) bond motifs is 4. The molecule has 0 aliphatic carbocycles. The Hall–Kier alpha value is -4.94. The number of esters is 2. The molecule has 6 rings (SSSR count). The molecule has 0 aromatic heterocycles. The lowest BCUT2D eigenvalue weighted by molar-refractivity contribution is -0.158. The zero-order valence-corrected chi connectivity index (χ0v) is 28.0. The Bertz CT molecular complexity index is 1820. The third-order valence-corrected chi connectivity index (χ3v) is 9.07. The van der Waals surface area contributed by atoms with Crippen LogP contribution in [-0.4, -0.2) is 62.8 Å². The van der Waals surface area contributed by atoms with Gasteiger partial charge < -0.3 is 48.1 Å². The average Bonchev–Trinajstić information content (AvgIpc) is 3.06. The van der Waals surface area contributed by atoms with E-state index in [4.69, 9.17) is 37.9 Å². The molecule has 4 unspecified atom stereocenters. The molecule has 0 spiro atoms. The van der Waals surface area contributed by atoms with E-state index in [9.17, 15) is 19.8 Å². The number of rotatable bonds is 7. The highest BCUT2D eigenvalue weighted by Gasteiger charge is 2.42. The molecule has 12 heteroatoms. The van der Waals surface area contributed by atoms with Gasteiger partial charge in [-0.15, -0.1) is 0 Å². The van der Waals surface area contributed by atoms with Crippen molar-refractivity contribution in [3.8, 4) is 45.6 Å². The van der Waals surface area contributed by atoms with Gasteiger partial charge in [-0.2, -0.15) is 0 Å². The molecule has 2 aliphatic heterocycles. The summed E-state index contributed by atoms with van der Waals surface area (Å²) in [6.07, 6.45) is -3.21. The van der Waals surface area contributed by atoms with Gasteiger partial charge in [0.15, 0.2) is 12.2 Å².